The Labute approximate surface area is 153 Å². The summed E-state index contributed by atoms with van der Waals surface area (Å²) in [5.74, 6) is 0. The van der Waals surface area contributed by atoms with Crippen LogP contribution < -0.4 is 4.90 Å². The third-order valence-corrected chi connectivity index (χ3v) is 5.12. The lowest BCUT2D eigenvalue weighted by molar-refractivity contribution is 0.578. The van der Waals surface area contributed by atoms with E-state index in [2.05, 4.69) is 46.1 Å². The first kappa shape index (κ1) is 16.2. The molecule has 3 heteroatoms. The molecule has 1 saturated heterocycles. The van der Waals surface area contributed by atoms with Crippen LogP contribution in [0.1, 0.15) is 24.8 Å². The van der Waals surface area contributed by atoms with E-state index in [1.54, 1.807) is 18.2 Å². The molecule has 3 aromatic rings. The summed E-state index contributed by atoms with van der Waals surface area (Å²) in [6.45, 7) is 9.69. The van der Waals surface area contributed by atoms with Crippen LogP contribution in [0, 0.1) is 17.9 Å². The van der Waals surface area contributed by atoms with Gasteiger partial charge in [-0.3, -0.25) is 0 Å². The van der Waals surface area contributed by atoms with Gasteiger partial charge in [0, 0.05) is 29.9 Å². The molecule has 126 valence electrons. The number of fused-ring (bicyclic) bond motifs is 1. The van der Waals surface area contributed by atoms with Crippen molar-refractivity contribution in [3.63, 3.8) is 0 Å². The second-order valence-corrected chi connectivity index (χ2v) is 6.72. The molecule has 1 heterocycles. The highest BCUT2D eigenvalue weighted by Crippen LogP contribution is 2.36. The normalized spacial score (nSPS) is 14.0. The Morgan fingerprint density at radius 1 is 0.923 bits per heavy atom. The average molecular weight is 337 g/mol. The molecule has 0 N–H and O–H groups in total. The van der Waals surface area contributed by atoms with Crippen molar-refractivity contribution in [2.45, 2.75) is 19.3 Å². The standard InChI is InChI=1S/C23H19N3/c1-25-22-7-5-6-20(16-24)23(22)19-9-8-18-15-21(11-10-17(18)14-19)26-12-3-2-4-13-26/h5-11,14-15H,2-4,12-13H2. The van der Waals surface area contributed by atoms with Gasteiger partial charge in [0.1, 0.15) is 0 Å². The molecule has 0 unspecified atom stereocenters. The van der Waals surface area contributed by atoms with Gasteiger partial charge in [0.15, 0.2) is 5.69 Å². The van der Waals surface area contributed by atoms with Crippen molar-refractivity contribution >= 4 is 22.1 Å². The number of hydrogen-bond acceptors (Lipinski definition) is 2. The van der Waals surface area contributed by atoms with E-state index in [-0.39, 0.29) is 0 Å². The molecule has 0 spiro atoms. The maximum Gasteiger partial charge on any atom is 0.196 e. The molecule has 4 rings (SSSR count). The zero-order chi connectivity index (χ0) is 17.9. The minimum atomic E-state index is 0.522. The highest BCUT2D eigenvalue weighted by molar-refractivity contribution is 5.93. The van der Waals surface area contributed by atoms with E-state index in [4.69, 9.17) is 6.57 Å². The molecule has 0 saturated carbocycles. The van der Waals surface area contributed by atoms with Crippen molar-refractivity contribution < 1.29 is 0 Å². The quantitative estimate of drug-likeness (QED) is 0.544. The maximum absolute atomic E-state index is 9.44. The Morgan fingerprint density at radius 3 is 2.46 bits per heavy atom. The van der Waals surface area contributed by atoms with Gasteiger partial charge in [0.25, 0.3) is 0 Å². The fourth-order valence-electron chi connectivity index (χ4n) is 3.77. The smallest absolute Gasteiger partial charge is 0.196 e. The molecule has 1 aliphatic rings. The van der Waals surface area contributed by atoms with Crippen LogP contribution >= 0.6 is 0 Å². The lowest BCUT2D eigenvalue weighted by Crippen LogP contribution is -2.29. The minimum Gasteiger partial charge on any atom is -0.372 e. The summed E-state index contributed by atoms with van der Waals surface area (Å²) >= 11 is 0. The molecule has 1 fully saturated rings. The highest BCUT2D eigenvalue weighted by Gasteiger charge is 2.13. The van der Waals surface area contributed by atoms with Crippen LogP contribution in [0.15, 0.2) is 54.6 Å². The molecule has 0 bridgehead atoms. The van der Waals surface area contributed by atoms with Crippen molar-refractivity contribution in [1.29, 1.82) is 5.26 Å². The summed E-state index contributed by atoms with van der Waals surface area (Å²) in [5.41, 5.74) is 4.00. The van der Waals surface area contributed by atoms with Gasteiger partial charge in [-0.2, -0.15) is 5.26 Å². The summed E-state index contributed by atoms with van der Waals surface area (Å²) in [5, 5.41) is 11.8. The first-order chi connectivity index (χ1) is 12.8. The summed E-state index contributed by atoms with van der Waals surface area (Å²) in [6.07, 6.45) is 3.86. The average Bonchev–Trinajstić information content (AvgIpc) is 2.73. The summed E-state index contributed by atoms with van der Waals surface area (Å²) < 4.78 is 0. The Balaban J connectivity index is 1.78. The van der Waals surface area contributed by atoms with Crippen molar-refractivity contribution in [2.24, 2.45) is 0 Å². The van der Waals surface area contributed by atoms with E-state index in [9.17, 15) is 5.26 Å². The number of benzene rings is 3. The van der Waals surface area contributed by atoms with E-state index in [1.807, 2.05) is 6.07 Å². The molecule has 0 atom stereocenters. The van der Waals surface area contributed by atoms with Crippen molar-refractivity contribution in [3.05, 3.63) is 71.6 Å². The summed E-state index contributed by atoms with van der Waals surface area (Å²) in [7, 11) is 0. The van der Waals surface area contributed by atoms with Gasteiger partial charge in [-0.15, -0.1) is 0 Å². The van der Waals surface area contributed by atoms with Gasteiger partial charge in [-0.05, 0) is 59.9 Å². The fourth-order valence-corrected chi connectivity index (χ4v) is 3.77. The van der Waals surface area contributed by atoms with Gasteiger partial charge in [-0.1, -0.05) is 30.3 Å². The van der Waals surface area contributed by atoms with Crippen LogP contribution in [-0.2, 0) is 0 Å². The Hall–Kier alpha value is -3.30. The summed E-state index contributed by atoms with van der Waals surface area (Å²) in [6, 6.07) is 20.3. The fraction of sp³-hybridized carbons (Fsp3) is 0.217. The number of anilines is 1. The third-order valence-electron chi connectivity index (χ3n) is 5.12. The van der Waals surface area contributed by atoms with Gasteiger partial charge >= 0.3 is 0 Å². The Kier molecular flexibility index (Phi) is 4.30. The number of nitriles is 1. The molecule has 3 aromatic carbocycles. The molecular formula is C23H19N3. The molecule has 0 aliphatic carbocycles. The number of hydrogen-bond donors (Lipinski definition) is 0. The molecule has 0 aromatic heterocycles. The molecule has 0 amide bonds. The van der Waals surface area contributed by atoms with E-state index in [1.165, 1.54) is 30.3 Å². The highest BCUT2D eigenvalue weighted by atomic mass is 15.1. The Morgan fingerprint density at radius 2 is 1.69 bits per heavy atom. The van der Waals surface area contributed by atoms with Gasteiger partial charge < -0.3 is 4.90 Å². The predicted octanol–water partition coefficient (Wildman–Crippen LogP) is 5.92. The zero-order valence-electron chi connectivity index (χ0n) is 14.6. The van der Waals surface area contributed by atoms with Crippen LogP contribution in [0.25, 0.3) is 26.7 Å². The van der Waals surface area contributed by atoms with Crippen LogP contribution in [0.3, 0.4) is 0 Å². The molecule has 26 heavy (non-hydrogen) atoms. The number of piperidine rings is 1. The third kappa shape index (κ3) is 2.89. The molecule has 1 aliphatic heterocycles. The van der Waals surface area contributed by atoms with E-state index in [0.29, 0.717) is 11.3 Å². The van der Waals surface area contributed by atoms with Gasteiger partial charge in [-0.25, -0.2) is 4.85 Å². The summed E-state index contributed by atoms with van der Waals surface area (Å²) in [4.78, 5) is 6.06. The molecule has 3 nitrogen and oxygen atoms in total. The maximum atomic E-state index is 9.44. The van der Waals surface area contributed by atoms with Crippen LogP contribution in [0.2, 0.25) is 0 Å². The van der Waals surface area contributed by atoms with Crippen LogP contribution in [-0.4, -0.2) is 13.1 Å². The topological polar surface area (TPSA) is 31.4 Å². The van der Waals surface area contributed by atoms with Gasteiger partial charge in [0.05, 0.1) is 12.6 Å². The largest absolute Gasteiger partial charge is 0.372 e. The molecular weight excluding hydrogens is 318 g/mol. The van der Waals surface area contributed by atoms with Crippen LogP contribution in [0.4, 0.5) is 11.4 Å². The molecule has 0 radical (unpaired) electrons. The zero-order valence-corrected chi connectivity index (χ0v) is 14.6. The Bertz CT molecular complexity index is 1010. The second-order valence-electron chi connectivity index (χ2n) is 6.72. The van der Waals surface area contributed by atoms with Crippen LogP contribution in [0.5, 0.6) is 0 Å². The number of rotatable bonds is 2. The lowest BCUT2D eigenvalue weighted by Gasteiger charge is -2.29. The monoisotopic (exact) mass is 337 g/mol. The lowest BCUT2D eigenvalue weighted by atomic mass is 9.96. The van der Waals surface area contributed by atoms with E-state index >= 15 is 0 Å². The van der Waals surface area contributed by atoms with Crippen molar-refractivity contribution in [3.8, 4) is 17.2 Å². The SMILES string of the molecule is [C-]#[N+]c1cccc(C#N)c1-c1ccc2cc(N3CCCCC3)ccc2c1. The van der Waals surface area contributed by atoms with Crippen molar-refractivity contribution in [1.82, 2.24) is 0 Å². The van der Waals surface area contributed by atoms with E-state index < -0.39 is 0 Å². The first-order valence-electron chi connectivity index (χ1n) is 9.00. The minimum absolute atomic E-state index is 0.522. The first-order valence-corrected chi connectivity index (χ1v) is 9.00. The predicted molar refractivity (Wildman–Crippen MR) is 106 cm³/mol. The second kappa shape index (κ2) is 6.90. The van der Waals surface area contributed by atoms with Crippen molar-refractivity contribution in [2.75, 3.05) is 18.0 Å². The number of nitrogens with zero attached hydrogens (tertiary/aromatic N) is 3. The van der Waals surface area contributed by atoms with E-state index in [0.717, 1.165) is 29.6 Å². The van der Waals surface area contributed by atoms with Gasteiger partial charge in [0.2, 0.25) is 0 Å².